The molecule has 2 aromatic carbocycles. The van der Waals surface area contributed by atoms with Crippen LogP contribution in [0.25, 0.3) is 10.9 Å². The van der Waals surface area contributed by atoms with Gasteiger partial charge < -0.3 is 9.47 Å². The molecule has 1 aromatic heterocycles. The molecule has 0 spiro atoms. The predicted molar refractivity (Wildman–Crippen MR) is 110 cm³/mol. The normalized spacial score (nSPS) is 14.7. The molecule has 0 bridgehead atoms. The second-order valence-corrected chi connectivity index (χ2v) is 9.44. The minimum absolute atomic E-state index is 0.197. The number of hydrogen-bond donors (Lipinski definition) is 0. The van der Waals surface area contributed by atoms with Crippen LogP contribution < -0.4 is 0 Å². The number of rotatable bonds is 5. The van der Waals surface area contributed by atoms with Gasteiger partial charge in [-0.3, -0.25) is 4.79 Å². The average Bonchev–Trinajstić information content (AvgIpc) is 3.32. The van der Waals surface area contributed by atoms with Crippen molar-refractivity contribution in [2.24, 2.45) is 0 Å². The minimum Gasteiger partial charge on any atom is -0.342 e. The number of carbonyl (C=O) groups excluding carboxylic acids is 1. The van der Waals surface area contributed by atoms with E-state index in [2.05, 4.69) is 0 Å². The molecule has 1 aliphatic rings. The van der Waals surface area contributed by atoms with Crippen molar-refractivity contribution in [2.45, 2.75) is 24.3 Å². The summed E-state index contributed by atoms with van der Waals surface area (Å²) in [6.45, 7) is 1.74. The molecule has 146 valence electrons. The summed E-state index contributed by atoms with van der Waals surface area (Å²) in [7, 11) is -3.75. The van der Waals surface area contributed by atoms with E-state index in [-0.39, 0.29) is 10.8 Å². The Kier molecular flexibility index (Phi) is 5.17. The van der Waals surface area contributed by atoms with Gasteiger partial charge in [0.15, 0.2) is 9.84 Å². The summed E-state index contributed by atoms with van der Waals surface area (Å²) in [4.78, 5) is 14.3. The third kappa shape index (κ3) is 3.66. The number of carbonyl (C=O) groups is 1. The maximum Gasteiger partial charge on any atom is 0.238 e. The largest absolute Gasteiger partial charge is 0.342 e. The Morgan fingerprint density at radius 2 is 1.68 bits per heavy atom. The van der Waals surface area contributed by atoms with Crippen LogP contribution in [0.2, 0.25) is 5.02 Å². The molecule has 0 N–H and O–H groups in total. The number of amides is 1. The van der Waals surface area contributed by atoms with Gasteiger partial charge in [-0.25, -0.2) is 8.42 Å². The van der Waals surface area contributed by atoms with E-state index in [1.54, 1.807) is 17.2 Å². The standard InChI is InChI=1S/C21H21ClN2O3S/c22-18-9-3-1-7-16(18)13-24-14-20(17-8-2-4-10-19(17)24)28(26,27)15-21(25)23-11-5-6-12-23/h1-4,7-10,14H,5-6,11-13,15H2. The van der Waals surface area contributed by atoms with Crippen LogP contribution in [-0.4, -0.2) is 42.6 Å². The highest BCUT2D eigenvalue weighted by molar-refractivity contribution is 7.92. The first kappa shape index (κ1) is 19.0. The highest BCUT2D eigenvalue weighted by Gasteiger charge is 2.28. The summed E-state index contributed by atoms with van der Waals surface area (Å²) in [5.41, 5.74) is 1.71. The molecule has 0 saturated carbocycles. The predicted octanol–water partition coefficient (Wildman–Crippen LogP) is 3.74. The SMILES string of the molecule is O=C(CS(=O)(=O)c1cn(Cc2ccccc2Cl)c2ccccc12)N1CCCC1. The molecule has 1 aliphatic heterocycles. The van der Waals surface area contributed by atoms with Crippen LogP contribution in [0.15, 0.2) is 59.6 Å². The maximum atomic E-state index is 13.1. The molecular formula is C21H21ClN2O3S. The molecule has 28 heavy (non-hydrogen) atoms. The second-order valence-electron chi connectivity index (χ2n) is 7.08. The fourth-order valence-electron chi connectivity index (χ4n) is 3.70. The van der Waals surface area contributed by atoms with Crippen molar-refractivity contribution < 1.29 is 13.2 Å². The zero-order chi connectivity index (χ0) is 19.7. The Hall–Kier alpha value is -2.31. The molecule has 7 heteroatoms. The third-order valence-electron chi connectivity index (χ3n) is 5.16. The van der Waals surface area contributed by atoms with E-state index in [1.165, 1.54) is 0 Å². The Morgan fingerprint density at radius 3 is 2.43 bits per heavy atom. The van der Waals surface area contributed by atoms with Gasteiger partial charge in [-0.2, -0.15) is 0 Å². The number of aromatic nitrogens is 1. The van der Waals surface area contributed by atoms with Gasteiger partial charge in [0, 0.05) is 41.8 Å². The number of sulfone groups is 1. The summed E-state index contributed by atoms with van der Waals surface area (Å²) in [5, 5.41) is 1.26. The van der Waals surface area contributed by atoms with Crippen LogP contribution in [0.5, 0.6) is 0 Å². The number of fused-ring (bicyclic) bond motifs is 1. The third-order valence-corrected chi connectivity index (χ3v) is 7.15. The van der Waals surface area contributed by atoms with Gasteiger partial charge in [0.05, 0.1) is 4.90 Å². The van der Waals surface area contributed by atoms with E-state index < -0.39 is 15.6 Å². The Morgan fingerprint density at radius 1 is 1.00 bits per heavy atom. The van der Waals surface area contributed by atoms with Crippen LogP contribution in [-0.2, 0) is 21.2 Å². The molecule has 1 amide bonds. The van der Waals surface area contributed by atoms with E-state index in [9.17, 15) is 13.2 Å². The van der Waals surface area contributed by atoms with Gasteiger partial charge in [-0.1, -0.05) is 48.0 Å². The zero-order valence-electron chi connectivity index (χ0n) is 15.3. The van der Waals surface area contributed by atoms with Crippen molar-refractivity contribution >= 4 is 38.2 Å². The van der Waals surface area contributed by atoms with Gasteiger partial charge in [-0.15, -0.1) is 0 Å². The van der Waals surface area contributed by atoms with E-state index in [4.69, 9.17) is 11.6 Å². The summed E-state index contributed by atoms with van der Waals surface area (Å²) in [6.07, 6.45) is 3.49. The first-order valence-electron chi connectivity index (χ1n) is 9.27. The lowest BCUT2D eigenvalue weighted by molar-refractivity contribution is -0.127. The quantitative estimate of drug-likeness (QED) is 0.636. The molecule has 0 aliphatic carbocycles. The lowest BCUT2D eigenvalue weighted by Crippen LogP contribution is -2.33. The van der Waals surface area contributed by atoms with E-state index in [1.807, 2.05) is 47.0 Å². The van der Waals surface area contributed by atoms with Gasteiger partial charge in [0.1, 0.15) is 5.75 Å². The van der Waals surface area contributed by atoms with Gasteiger partial charge in [-0.05, 0) is 30.5 Å². The summed E-state index contributed by atoms with van der Waals surface area (Å²) < 4.78 is 28.0. The van der Waals surface area contributed by atoms with E-state index in [0.29, 0.717) is 30.0 Å². The van der Waals surface area contributed by atoms with Crippen LogP contribution in [0, 0.1) is 0 Å². The van der Waals surface area contributed by atoms with Crippen LogP contribution in [0.1, 0.15) is 18.4 Å². The number of hydrogen-bond acceptors (Lipinski definition) is 3. The topological polar surface area (TPSA) is 59.4 Å². The molecule has 0 atom stereocenters. The first-order valence-corrected chi connectivity index (χ1v) is 11.3. The lowest BCUT2D eigenvalue weighted by atomic mass is 10.2. The second kappa shape index (κ2) is 7.60. The summed E-state index contributed by atoms with van der Waals surface area (Å²) >= 11 is 6.28. The monoisotopic (exact) mass is 416 g/mol. The van der Waals surface area contributed by atoms with Crippen molar-refractivity contribution in [2.75, 3.05) is 18.8 Å². The Labute approximate surface area is 169 Å². The van der Waals surface area contributed by atoms with Crippen LogP contribution >= 0.6 is 11.6 Å². The molecule has 1 fully saturated rings. The van der Waals surface area contributed by atoms with Crippen molar-refractivity contribution in [1.82, 2.24) is 9.47 Å². The van der Waals surface area contributed by atoms with Crippen LogP contribution in [0.4, 0.5) is 0 Å². The van der Waals surface area contributed by atoms with Gasteiger partial charge in [0.25, 0.3) is 0 Å². The summed E-state index contributed by atoms with van der Waals surface area (Å²) in [5.74, 6) is -0.812. The average molecular weight is 417 g/mol. The van der Waals surface area contributed by atoms with Crippen molar-refractivity contribution in [3.8, 4) is 0 Å². The maximum absolute atomic E-state index is 13.1. The van der Waals surface area contributed by atoms with Gasteiger partial charge >= 0.3 is 0 Å². The van der Waals surface area contributed by atoms with Crippen molar-refractivity contribution in [1.29, 1.82) is 0 Å². The number of nitrogens with zero attached hydrogens (tertiary/aromatic N) is 2. The lowest BCUT2D eigenvalue weighted by Gasteiger charge is -2.14. The molecular weight excluding hydrogens is 396 g/mol. The highest BCUT2D eigenvalue weighted by Crippen LogP contribution is 2.28. The molecule has 2 heterocycles. The number of para-hydroxylation sites is 1. The number of benzene rings is 2. The minimum atomic E-state index is -3.75. The van der Waals surface area contributed by atoms with Crippen molar-refractivity contribution in [3.63, 3.8) is 0 Å². The molecule has 4 rings (SSSR count). The highest BCUT2D eigenvalue weighted by atomic mass is 35.5. The number of likely N-dealkylation sites (tertiary alicyclic amines) is 1. The summed E-state index contributed by atoms with van der Waals surface area (Å²) in [6, 6.07) is 14.8. The molecule has 0 unspecified atom stereocenters. The van der Waals surface area contributed by atoms with Crippen molar-refractivity contribution in [3.05, 3.63) is 65.3 Å². The van der Waals surface area contributed by atoms with E-state index >= 15 is 0 Å². The van der Waals surface area contributed by atoms with Gasteiger partial charge in [0.2, 0.25) is 5.91 Å². The molecule has 1 saturated heterocycles. The fourth-order valence-corrected chi connectivity index (χ4v) is 5.35. The zero-order valence-corrected chi connectivity index (χ0v) is 16.9. The fraction of sp³-hybridized carbons (Fsp3) is 0.286. The molecule has 5 nitrogen and oxygen atoms in total. The Bertz CT molecular complexity index is 1130. The Balaban J connectivity index is 1.71. The van der Waals surface area contributed by atoms with Crippen LogP contribution in [0.3, 0.4) is 0 Å². The smallest absolute Gasteiger partial charge is 0.238 e. The van der Waals surface area contributed by atoms with E-state index in [0.717, 1.165) is 23.9 Å². The molecule has 0 radical (unpaired) electrons. The number of halogens is 1. The first-order chi connectivity index (χ1) is 13.5. The molecule has 3 aromatic rings.